The van der Waals surface area contributed by atoms with Crippen molar-refractivity contribution in [1.82, 2.24) is 0 Å². The number of rotatable bonds is 5. The molecule has 1 aliphatic heterocycles. The first-order valence-electron chi connectivity index (χ1n) is 8.28. The van der Waals surface area contributed by atoms with Gasteiger partial charge in [-0.25, -0.2) is 13.2 Å². The summed E-state index contributed by atoms with van der Waals surface area (Å²) in [6.07, 6.45) is 0.674. The van der Waals surface area contributed by atoms with Crippen LogP contribution < -0.4 is 19.7 Å². The van der Waals surface area contributed by atoms with Crippen molar-refractivity contribution in [2.75, 3.05) is 34.3 Å². The van der Waals surface area contributed by atoms with Gasteiger partial charge in [0, 0.05) is 17.9 Å². The van der Waals surface area contributed by atoms with Crippen LogP contribution >= 0.6 is 0 Å². The minimum Gasteiger partial charge on any atom is -0.497 e. The molecule has 0 aromatic heterocycles. The largest absolute Gasteiger partial charge is 0.497 e. The quantitative estimate of drug-likeness (QED) is 0.841. The highest BCUT2D eigenvalue weighted by atomic mass is 32.2. The zero-order chi connectivity index (χ0) is 18.7. The SMILES string of the molecule is CCS(=O)(=O)N1CCc2ccc(NC(=O)Nc3ccc(OC)cc3)cc21. The first-order chi connectivity index (χ1) is 12.4. The third-order valence-electron chi connectivity index (χ3n) is 4.24. The second-order valence-corrected chi connectivity index (χ2v) is 8.06. The molecular weight excluding hydrogens is 354 g/mol. The number of amides is 2. The lowest BCUT2D eigenvalue weighted by Crippen LogP contribution is -2.30. The Hall–Kier alpha value is -2.74. The van der Waals surface area contributed by atoms with Gasteiger partial charge < -0.3 is 15.4 Å². The van der Waals surface area contributed by atoms with Gasteiger partial charge >= 0.3 is 6.03 Å². The van der Waals surface area contributed by atoms with E-state index in [0.717, 1.165) is 5.56 Å². The average molecular weight is 375 g/mol. The molecule has 0 atom stereocenters. The van der Waals surface area contributed by atoms with Crippen LogP contribution in [0.5, 0.6) is 5.75 Å². The molecule has 0 radical (unpaired) electrons. The lowest BCUT2D eigenvalue weighted by molar-refractivity contribution is 0.262. The van der Waals surface area contributed by atoms with Crippen molar-refractivity contribution in [2.24, 2.45) is 0 Å². The Morgan fingerprint density at radius 2 is 1.77 bits per heavy atom. The molecule has 0 fully saturated rings. The molecule has 7 nitrogen and oxygen atoms in total. The summed E-state index contributed by atoms with van der Waals surface area (Å²) in [6.45, 7) is 2.06. The van der Waals surface area contributed by atoms with E-state index in [1.54, 1.807) is 50.4 Å². The number of nitrogens with zero attached hydrogens (tertiary/aromatic N) is 1. The van der Waals surface area contributed by atoms with Gasteiger partial charge in [-0.1, -0.05) is 6.07 Å². The standard InChI is InChI=1S/C18H21N3O4S/c1-3-26(23,24)21-11-10-13-4-5-15(12-17(13)21)20-18(22)19-14-6-8-16(25-2)9-7-14/h4-9,12H,3,10-11H2,1-2H3,(H2,19,20,22). The molecule has 8 heteroatoms. The molecule has 0 spiro atoms. The van der Waals surface area contributed by atoms with Crippen molar-refractivity contribution in [3.8, 4) is 5.75 Å². The van der Waals surface area contributed by atoms with E-state index in [0.29, 0.717) is 35.8 Å². The predicted molar refractivity (Wildman–Crippen MR) is 103 cm³/mol. The molecule has 138 valence electrons. The number of ether oxygens (including phenoxy) is 1. The van der Waals surface area contributed by atoms with E-state index in [4.69, 9.17) is 4.74 Å². The number of fused-ring (bicyclic) bond motifs is 1. The Labute approximate surface area is 153 Å². The van der Waals surface area contributed by atoms with Crippen LogP contribution in [0.2, 0.25) is 0 Å². The van der Waals surface area contributed by atoms with Crippen molar-refractivity contribution < 1.29 is 17.9 Å². The fourth-order valence-corrected chi connectivity index (χ4v) is 3.99. The predicted octanol–water partition coefficient (Wildman–Crippen LogP) is 3.05. The summed E-state index contributed by atoms with van der Waals surface area (Å²) in [6, 6.07) is 11.9. The van der Waals surface area contributed by atoms with Crippen LogP contribution in [0.3, 0.4) is 0 Å². The van der Waals surface area contributed by atoms with Crippen LogP contribution in [0.25, 0.3) is 0 Å². The first-order valence-corrected chi connectivity index (χ1v) is 9.89. The van der Waals surface area contributed by atoms with E-state index in [9.17, 15) is 13.2 Å². The maximum atomic E-state index is 12.2. The fraction of sp³-hybridized carbons (Fsp3) is 0.278. The number of carbonyl (C=O) groups is 1. The van der Waals surface area contributed by atoms with Gasteiger partial charge in [0.1, 0.15) is 5.75 Å². The molecule has 0 bridgehead atoms. The second kappa shape index (κ2) is 7.25. The zero-order valence-electron chi connectivity index (χ0n) is 14.7. The lowest BCUT2D eigenvalue weighted by atomic mass is 10.1. The number of hydrogen-bond acceptors (Lipinski definition) is 4. The van der Waals surface area contributed by atoms with E-state index in [1.165, 1.54) is 4.31 Å². The highest BCUT2D eigenvalue weighted by Gasteiger charge is 2.28. The Balaban J connectivity index is 1.72. The minimum atomic E-state index is -3.32. The number of hydrogen-bond donors (Lipinski definition) is 2. The number of anilines is 3. The molecule has 2 aromatic rings. The van der Waals surface area contributed by atoms with Crippen LogP contribution in [0.4, 0.5) is 21.9 Å². The molecule has 2 aromatic carbocycles. The van der Waals surface area contributed by atoms with Crippen LogP contribution in [-0.2, 0) is 16.4 Å². The molecule has 1 aliphatic rings. The van der Waals surface area contributed by atoms with E-state index >= 15 is 0 Å². The molecule has 3 rings (SSSR count). The fourth-order valence-electron chi connectivity index (χ4n) is 2.84. The maximum Gasteiger partial charge on any atom is 0.323 e. The van der Waals surface area contributed by atoms with Gasteiger partial charge in [-0.15, -0.1) is 0 Å². The molecule has 0 aliphatic carbocycles. The molecular formula is C18H21N3O4S. The molecule has 26 heavy (non-hydrogen) atoms. The van der Waals surface area contributed by atoms with Gasteiger partial charge in [0.2, 0.25) is 10.0 Å². The maximum absolute atomic E-state index is 12.2. The first kappa shape index (κ1) is 18.1. The Kier molecular flexibility index (Phi) is 5.03. The molecule has 2 amide bonds. The summed E-state index contributed by atoms with van der Waals surface area (Å²) in [5.74, 6) is 0.744. The Bertz CT molecular complexity index is 911. The zero-order valence-corrected chi connectivity index (χ0v) is 15.5. The van der Waals surface area contributed by atoms with Crippen LogP contribution in [-0.4, -0.2) is 33.9 Å². The second-order valence-electron chi connectivity index (χ2n) is 5.87. The Morgan fingerprint density at radius 3 is 2.42 bits per heavy atom. The normalized spacial score (nSPS) is 13.2. The van der Waals surface area contributed by atoms with E-state index in [-0.39, 0.29) is 5.75 Å². The molecule has 0 saturated heterocycles. The van der Waals surface area contributed by atoms with Gasteiger partial charge in [-0.2, -0.15) is 0 Å². The summed E-state index contributed by atoms with van der Waals surface area (Å²) in [4.78, 5) is 12.2. The van der Waals surface area contributed by atoms with Gasteiger partial charge in [0.25, 0.3) is 0 Å². The summed E-state index contributed by atoms with van der Waals surface area (Å²) in [5.41, 5.74) is 2.75. The van der Waals surface area contributed by atoms with E-state index < -0.39 is 16.1 Å². The number of benzene rings is 2. The summed E-state index contributed by atoms with van der Waals surface area (Å²) >= 11 is 0. The topological polar surface area (TPSA) is 87.7 Å². The number of sulfonamides is 1. The van der Waals surface area contributed by atoms with Gasteiger partial charge in [0.15, 0.2) is 0 Å². The number of nitrogens with one attached hydrogen (secondary N) is 2. The van der Waals surface area contributed by atoms with Crippen molar-refractivity contribution in [3.63, 3.8) is 0 Å². The van der Waals surface area contributed by atoms with Crippen molar-refractivity contribution in [1.29, 1.82) is 0 Å². The van der Waals surface area contributed by atoms with Gasteiger partial charge in [-0.05, 0) is 55.3 Å². The number of carbonyl (C=O) groups excluding carboxylic acids is 1. The third-order valence-corrected chi connectivity index (χ3v) is 6.02. The monoisotopic (exact) mass is 375 g/mol. The van der Waals surface area contributed by atoms with E-state index in [1.807, 2.05) is 6.07 Å². The van der Waals surface area contributed by atoms with Crippen molar-refractivity contribution >= 4 is 33.1 Å². The Morgan fingerprint density at radius 1 is 1.12 bits per heavy atom. The van der Waals surface area contributed by atoms with Gasteiger partial charge in [-0.3, -0.25) is 4.31 Å². The average Bonchev–Trinajstić information content (AvgIpc) is 3.06. The van der Waals surface area contributed by atoms with Gasteiger partial charge in [0.05, 0.1) is 18.6 Å². The van der Waals surface area contributed by atoms with E-state index in [2.05, 4.69) is 10.6 Å². The third kappa shape index (κ3) is 3.75. The number of urea groups is 1. The minimum absolute atomic E-state index is 0.0437. The molecule has 2 N–H and O–H groups in total. The number of methoxy groups -OCH3 is 1. The van der Waals surface area contributed by atoms with Crippen LogP contribution in [0, 0.1) is 0 Å². The highest BCUT2D eigenvalue weighted by molar-refractivity contribution is 7.92. The summed E-state index contributed by atoms with van der Waals surface area (Å²) in [7, 11) is -1.74. The summed E-state index contributed by atoms with van der Waals surface area (Å²) in [5, 5.41) is 5.46. The van der Waals surface area contributed by atoms with Crippen LogP contribution in [0.15, 0.2) is 42.5 Å². The smallest absolute Gasteiger partial charge is 0.323 e. The van der Waals surface area contributed by atoms with Crippen molar-refractivity contribution in [2.45, 2.75) is 13.3 Å². The van der Waals surface area contributed by atoms with Crippen LogP contribution in [0.1, 0.15) is 12.5 Å². The van der Waals surface area contributed by atoms with Crippen molar-refractivity contribution in [3.05, 3.63) is 48.0 Å². The molecule has 0 unspecified atom stereocenters. The lowest BCUT2D eigenvalue weighted by Gasteiger charge is -2.19. The highest BCUT2D eigenvalue weighted by Crippen LogP contribution is 2.33. The molecule has 0 saturated carbocycles. The molecule has 1 heterocycles. The summed E-state index contributed by atoms with van der Waals surface area (Å²) < 4.78 is 30.9.